The predicted molar refractivity (Wildman–Crippen MR) is 86.1 cm³/mol. The number of nitrogens with one attached hydrogen (secondary N) is 1. The molecule has 1 aliphatic rings. The minimum Gasteiger partial charge on any atom is -0.467 e. The molecule has 0 saturated carbocycles. The van der Waals surface area contributed by atoms with Gasteiger partial charge >= 0.3 is 0 Å². The summed E-state index contributed by atoms with van der Waals surface area (Å²) in [5.74, 6) is 2.34. The summed E-state index contributed by atoms with van der Waals surface area (Å²) in [6.45, 7) is 4.74. The van der Waals surface area contributed by atoms with E-state index in [-0.39, 0.29) is 12.0 Å². The lowest BCUT2D eigenvalue weighted by molar-refractivity contribution is -0.134. The maximum Gasteiger partial charge on any atom is 0.236 e. The molecule has 8 nitrogen and oxygen atoms in total. The minimum atomic E-state index is -0.196. The Hall–Kier alpha value is -2.19. The molecule has 24 heavy (non-hydrogen) atoms. The van der Waals surface area contributed by atoms with Gasteiger partial charge in [-0.05, 0) is 12.1 Å². The Morgan fingerprint density at radius 3 is 3.12 bits per heavy atom. The van der Waals surface area contributed by atoms with E-state index < -0.39 is 0 Å². The molecule has 3 heterocycles. The molecule has 1 fully saturated rings. The molecular weight excluding hydrogens is 310 g/mol. The summed E-state index contributed by atoms with van der Waals surface area (Å²) in [7, 11) is 1.78. The molecule has 1 amide bonds. The Bertz CT molecular complexity index is 654. The third-order valence-electron chi connectivity index (χ3n) is 4.08. The molecule has 0 aliphatic carbocycles. The Morgan fingerprint density at radius 2 is 2.42 bits per heavy atom. The van der Waals surface area contributed by atoms with E-state index in [0.29, 0.717) is 32.1 Å². The van der Waals surface area contributed by atoms with Gasteiger partial charge < -0.3 is 14.1 Å². The molecule has 0 spiro atoms. The number of carbonyl (C=O) groups is 1. The largest absolute Gasteiger partial charge is 0.467 e. The zero-order chi connectivity index (χ0) is 16.9. The van der Waals surface area contributed by atoms with E-state index in [2.05, 4.69) is 20.1 Å². The number of H-pyrrole nitrogens is 1. The quantitative estimate of drug-likeness (QED) is 0.848. The Morgan fingerprint density at radius 1 is 1.54 bits per heavy atom. The van der Waals surface area contributed by atoms with Crippen LogP contribution in [0, 0.1) is 0 Å². The summed E-state index contributed by atoms with van der Waals surface area (Å²) >= 11 is 0. The molecule has 1 aliphatic heterocycles. The number of amides is 1. The van der Waals surface area contributed by atoms with Gasteiger partial charge in [-0.1, -0.05) is 6.92 Å². The van der Waals surface area contributed by atoms with Crippen molar-refractivity contribution in [1.29, 1.82) is 0 Å². The van der Waals surface area contributed by atoms with Crippen molar-refractivity contribution in [3.05, 3.63) is 35.8 Å². The number of morpholine rings is 1. The number of hydrogen-bond donors (Lipinski definition) is 1. The van der Waals surface area contributed by atoms with Gasteiger partial charge in [-0.3, -0.25) is 14.8 Å². The summed E-state index contributed by atoms with van der Waals surface area (Å²) in [5, 5.41) is 7.12. The van der Waals surface area contributed by atoms with Crippen molar-refractivity contribution < 1.29 is 13.9 Å². The highest BCUT2D eigenvalue weighted by atomic mass is 16.5. The fourth-order valence-electron chi connectivity index (χ4n) is 2.65. The SMILES string of the molecule is CCc1nc([C@@H]2CN(CC(=O)N(C)Cc3ccco3)CCO2)n[nH]1. The van der Waals surface area contributed by atoms with Gasteiger partial charge in [-0.25, -0.2) is 4.98 Å². The second-order valence-electron chi connectivity index (χ2n) is 5.92. The van der Waals surface area contributed by atoms with E-state index >= 15 is 0 Å². The molecule has 130 valence electrons. The number of likely N-dealkylation sites (N-methyl/N-ethyl adjacent to an activating group) is 1. The van der Waals surface area contributed by atoms with Crippen molar-refractivity contribution in [3.63, 3.8) is 0 Å². The maximum absolute atomic E-state index is 12.4. The van der Waals surface area contributed by atoms with Crippen LogP contribution in [-0.2, 0) is 22.5 Å². The van der Waals surface area contributed by atoms with Crippen molar-refractivity contribution in [2.24, 2.45) is 0 Å². The van der Waals surface area contributed by atoms with Crippen LogP contribution in [0.3, 0.4) is 0 Å². The predicted octanol–water partition coefficient (Wildman–Crippen LogP) is 0.992. The Balaban J connectivity index is 1.53. The fraction of sp³-hybridized carbons (Fsp3) is 0.562. The van der Waals surface area contributed by atoms with E-state index in [9.17, 15) is 4.79 Å². The van der Waals surface area contributed by atoms with Gasteiger partial charge in [0.05, 0.1) is 26.0 Å². The molecule has 1 N–H and O–H groups in total. The topological polar surface area (TPSA) is 87.5 Å². The van der Waals surface area contributed by atoms with Crippen LogP contribution < -0.4 is 0 Å². The molecule has 0 aromatic carbocycles. The number of nitrogens with zero attached hydrogens (tertiary/aromatic N) is 4. The van der Waals surface area contributed by atoms with Gasteiger partial charge in [0.1, 0.15) is 17.7 Å². The average molecular weight is 333 g/mol. The van der Waals surface area contributed by atoms with E-state index in [0.717, 1.165) is 24.6 Å². The minimum absolute atomic E-state index is 0.0521. The first kappa shape index (κ1) is 16.7. The van der Waals surface area contributed by atoms with Crippen LogP contribution in [0.25, 0.3) is 0 Å². The van der Waals surface area contributed by atoms with E-state index in [1.807, 2.05) is 19.1 Å². The molecule has 0 radical (unpaired) electrons. The zero-order valence-corrected chi connectivity index (χ0v) is 14.1. The molecule has 1 atom stereocenters. The van der Waals surface area contributed by atoms with Gasteiger partial charge in [0.15, 0.2) is 5.82 Å². The molecule has 0 unspecified atom stereocenters. The van der Waals surface area contributed by atoms with Crippen molar-refractivity contribution in [2.45, 2.75) is 26.0 Å². The number of rotatable bonds is 6. The van der Waals surface area contributed by atoms with Crippen LogP contribution in [0.1, 0.15) is 30.4 Å². The number of furan rings is 1. The third kappa shape index (κ3) is 4.01. The van der Waals surface area contributed by atoms with Crippen LogP contribution in [-0.4, -0.2) is 64.2 Å². The first-order chi connectivity index (χ1) is 11.7. The standard InChI is InChI=1S/C16H23N5O3/c1-3-14-17-16(19-18-14)13-10-21(6-8-24-13)11-15(22)20(2)9-12-5-4-7-23-12/h4-5,7,13H,3,6,8-11H2,1-2H3,(H,17,18,19)/t13-/m0/s1. The van der Waals surface area contributed by atoms with Crippen LogP contribution in [0.15, 0.2) is 22.8 Å². The summed E-state index contributed by atoms with van der Waals surface area (Å²) < 4.78 is 11.0. The van der Waals surface area contributed by atoms with Gasteiger partial charge in [0.25, 0.3) is 0 Å². The van der Waals surface area contributed by atoms with Crippen molar-refractivity contribution in [2.75, 3.05) is 33.3 Å². The van der Waals surface area contributed by atoms with Crippen molar-refractivity contribution in [1.82, 2.24) is 25.0 Å². The summed E-state index contributed by atoms with van der Waals surface area (Å²) in [6, 6.07) is 3.69. The first-order valence-corrected chi connectivity index (χ1v) is 8.17. The van der Waals surface area contributed by atoms with Gasteiger partial charge in [0, 0.05) is 26.6 Å². The van der Waals surface area contributed by atoms with E-state index in [4.69, 9.17) is 9.15 Å². The summed E-state index contributed by atoms with van der Waals surface area (Å²) in [6.07, 6.45) is 2.22. The monoisotopic (exact) mass is 333 g/mol. The molecule has 2 aromatic rings. The molecule has 8 heteroatoms. The summed E-state index contributed by atoms with van der Waals surface area (Å²) in [4.78, 5) is 20.6. The van der Waals surface area contributed by atoms with Crippen LogP contribution in [0.4, 0.5) is 0 Å². The Kier molecular flexibility index (Phi) is 5.27. The molecule has 2 aromatic heterocycles. The van der Waals surface area contributed by atoms with Crippen LogP contribution in [0.2, 0.25) is 0 Å². The van der Waals surface area contributed by atoms with Gasteiger partial charge in [0.2, 0.25) is 5.91 Å². The highest BCUT2D eigenvalue weighted by Crippen LogP contribution is 2.19. The van der Waals surface area contributed by atoms with Crippen LogP contribution in [0.5, 0.6) is 0 Å². The first-order valence-electron chi connectivity index (χ1n) is 8.17. The molecule has 0 bridgehead atoms. The number of hydrogen-bond acceptors (Lipinski definition) is 6. The number of aromatic nitrogens is 3. The van der Waals surface area contributed by atoms with Gasteiger partial charge in [-0.15, -0.1) is 0 Å². The number of carbonyl (C=O) groups excluding carboxylic acids is 1. The van der Waals surface area contributed by atoms with E-state index in [1.54, 1.807) is 18.2 Å². The molecule has 3 rings (SSSR count). The maximum atomic E-state index is 12.4. The summed E-state index contributed by atoms with van der Waals surface area (Å²) in [5.41, 5.74) is 0. The smallest absolute Gasteiger partial charge is 0.236 e. The van der Waals surface area contributed by atoms with Crippen molar-refractivity contribution >= 4 is 5.91 Å². The molecular formula is C16H23N5O3. The van der Waals surface area contributed by atoms with Gasteiger partial charge in [-0.2, -0.15) is 5.10 Å². The highest BCUT2D eigenvalue weighted by Gasteiger charge is 2.27. The number of aromatic amines is 1. The second kappa shape index (κ2) is 7.59. The zero-order valence-electron chi connectivity index (χ0n) is 14.1. The lowest BCUT2D eigenvalue weighted by Gasteiger charge is -2.32. The average Bonchev–Trinajstić information content (AvgIpc) is 3.26. The van der Waals surface area contributed by atoms with E-state index in [1.165, 1.54) is 0 Å². The highest BCUT2D eigenvalue weighted by molar-refractivity contribution is 5.77. The van der Waals surface area contributed by atoms with Crippen LogP contribution >= 0.6 is 0 Å². The second-order valence-corrected chi connectivity index (χ2v) is 5.92. The number of ether oxygens (including phenoxy) is 1. The fourth-order valence-corrected chi connectivity index (χ4v) is 2.65. The molecule has 1 saturated heterocycles. The lowest BCUT2D eigenvalue weighted by Crippen LogP contribution is -2.44. The third-order valence-corrected chi connectivity index (χ3v) is 4.08. The number of aryl methyl sites for hydroxylation is 1. The lowest BCUT2D eigenvalue weighted by atomic mass is 10.2. The van der Waals surface area contributed by atoms with Crippen molar-refractivity contribution in [3.8, 4) is 0 Å². The Labute approximate surface area is 140 Å². The normalized spacial score (nSPS) is 18.7.